The highest BCUT2D eigenvalue weighted by atomic mass is 32.2. The van der Waals surface area contributed by atoms with E-state index in [1.165, 1.54) is 25.0 Å². The van der Waals surface area contributed by atoms with Gasteiger partial charge in [0.1, 0.15) is 0 Å². The second kappa shape index (κ2) is 7.55. The summed E-state index contributed by atoms with van der Waals surface area (Å²) >= 11 is 2.13. The Bertz CT molecular complexity index is 137. The Morgan fingerprint density at radius 3 is 2.79 bits per heavy atom. The fourth-order valence-electron chi connectivity index (χ4n) is 1.70. The van der Waals surface area contributed by atoms with E-state index in [-0.39, 0.29) is 0 Å². The minimum absolute atomic E-state index is 0.673. The zero-order chi connectivity index (χ0) is 10.2. The average Bonchev–Trinajstić information content (AvgIpc) is 2.20. The van der Waals surface area contributed by atoms with Crippen LogP contribution >= 0.6 is 11.8 Å². The van der Waals surface area contributed by atoms with Crippen LogP contribution in [0.3, 0.4) is 0 Å². The minimum Gasteiger partial charge on any atom is -0.381 e. The van der Waals surface area contributed by atoms with Crippen LogP contribution in [0.5, 0.6) is 0 Å². The van der Waals surface area contributed by atoms with Crippen LogP contribution in [0, 0.1) is 0 Å². The lowest BCUT2D eigenvalue weighted by atomic mass is 10.2. The lowest BCUT2D eigenvalue weighted by molar-refractivity contribution is 0.1000. The summed E-state index contributed by atoms with van der Waals surface area (Å²) in [6, 6.07) is 0.673. The predicted molar refractivity (Wildman–Crippen MR) is 64.1 cm³/mol. The van der Waals surface area contributed by atoms with Crippen molar-refractivity contribution in [1.29, 1.82) is 0 Å². The molecule has 1 rings (SSSR count). The van der Waals surface area contributed by atoms with Crippen LogP contribution in [-0.2, 0) is 4.74 Å². The molecule has 1 aliphatic rings. The normalized spacial score (nSPS) is 21.0. The quantitative estimate of drug-likeness (QED) is 0.737. The number of ether oxygens (including phenoxy) is 1. The molecule has 1 aliphatic heterocycles. The first-order valence-corrected chi connectivity index (χ1v) is 6.80. The molecule has 0 amide bonds. The Morgan fingerprint density at radius 1 is 1.43 bits per heavy atom. The predicted octanol–water partition coefficient (Wildman–Crippen LogP) is 2.29. The van der Waals surface area contributed by atoms with E-state index < -0.39 is 0 Å². The van der Waals surface area contributed by atoms with E-state index in [0.717, 1.165) is 25.0 Å². The highest BCUT2D eigenvalue weighted by molar-refractivity contribution is 7.99. The van der Waals surface area contributed by atoms with Gasteiger partial charge >= 0.3 is 0 Å². The molecule has 0 aromatic heterocycles. The molecule has 0 radical (unpaired) electrons. The van der Waals surface area contributed by atoms with Gasteiger partial charge < -0.3 is 10.1 Å². The summed E-state index contributed by atoms with van der Waals surface area (Å²) in [5.74, 6) is 1.29. The van der Waals surface area contributed by atoms with Crippen LogP contribution in [0.1, 0.15) is 33.1 Å². The number of hydrogen-bond donors (Lipinski definition) is 1. The van der Waals surface area contributed by atoms with Crippen molar-refractivity contribution in [2.45, 2.75) is 44.4 Å². The number of thioether (sulfide) groups is 1. The Balaban J connectivity index is 1.96. The molecule has 1 heterocycles. The molecule has 1 saturated heterocycles. The van der Waals surface area contributed by atoms with Crippen LogP contribution in [0.15, 0.2) is 0 Å². The van der Waals surface area contributed by atoms with Gasteiger partial charge in [-0.25, -0.2) is 0 Å². The fourth-order valence-corrected chi connectivity index (χ4v) is 3.05. The Hall–Kier alpha value is 0.270. The smallest absolute Gasteiger partial charge is 0.0476 e. The summed E-state index contributed by atoms with van der Waals surface area (Å²) in [4.78, 5) is 0. The molecule has 1 unspecified atom stereocenters. The summed E-state index contributed by atoms with van der Waals surface area (Å²) in [6.45, 7) is 7.47. The third-order valence-corrected chi connectivity index (χ3v) is 4.04. The van der Waals surface area contributed by atoms with Gasteiger partial charge in [-0.3, -0.25) is 0 Å². The topological polar surface area (TPSA) is 21.3 Å². The van der Waals surface area contributed by atoms with Crippen molar-refractivity contribution in [2.24, 2.45) is 0 Å². The van der Waals surface area contributed by atoms with Crippen LogP contribution in [0.2, 0.25) is 0 Å². The van der Waals surface area contributed by atoms with E-state index in [4.69, 9.17) is 4.74 Å². The molecular formula is C11H23NOS. The Morgan fingerprint density at radius 2 is 2.14 bits per heavy atom. The van der Waals surface area contributed by atoms with Crippen molar-refractivity contribution in [2.75, 3.05) is 25.5 Å². The van der Waals surface area contributed by atoms with E-state index in [9.17, 15) is 0 Å². The van der Waals surface area contributed by atoms with Crippen molar-refractivity contribution in [3.8, 4) is 0 Å². The highest BCUT2D eigenvalue weighted by Crippen LogP contribution is 2.22. The fraction of sp³-hybridized carbons (Fsp3) is 1.00. The number of nitrogens with one attached hydrogen (secondary N) is 1. The van der Waals surface area contributed by atoms with E-state index in [0.29, 0.717) is 6.04 Å². The van der Waals surface area contributed by atoms with Gasteiger partial charge in [0.15, 0.2) is 0 Å². The van der Waals surface area contributed by atoms with E-state index in [1.54, 1.807) is 0 Å². The molecule has 14 heavy (non-hydrogen) atoms. The van der Waals surface area contributed by atoms with E-state index in [2.05, 4.69) is 30.9 Å². The number of rotatable bonds is 6. The van der Waals surface area contributed by atoms with Gasteiger partial charge in [0, 0.05) is 24.5 Å². The third kappa shape index (κ3) is 5.23. The third-order valence-electron chi connectivity index (χ3n) is 2.63. The maximum atomic E-state index is 5.34. The molecule has 0 bridgehead atoms. The van der Waals surface area contributed by atoms with Crippen molar-refractivity contribution in [3.05, 3.63) is 0 Å². The maximum absolute atomic E-state index is 5.34. The second-order valence-electron chi connectivity index (χ2n) is 3.93. The maximum Gasteiger partial charge on any atom is 0.0476 e. The van der Waals surface area contributed by atoms with Gasteiger partial charge in [-0.15, -0.1) is 0 Å². The number of hydrogen-bond acceptors (Lipinski definition) is 3. The summed E-state index contributed by atoms with van der Waals surface area (Å²) in [5, 5.41) is 4.30. The van der Waals surface area contributed by atoms with Gasteiger partial charge in [0.05, 0.1) is 0 Å². The SMILES string of the molecule is CCNC(C)CCSC1CCOCC1. The first-order valence-electron chi connectivity index (χ1n) is 5.75. The van der Waals surface area contributed by atoms with Crippen molar-refractivity contribution in [1.82, 2.24) is 5.32 Å². The molecule has 1 N–H and O–H groups in total. The average molecular weight is 217 g/mol. The first-order chi connectivity index (χ1) is 6.83. The summed E-state index contributed by atoms with van der Waals surface area (Å²) in [6.07, 6.45) is 3.79. The van der Waals surface area contributed by atoms with Gasteiger partial charge in [-0.1, -0.05) is 6.92 Å². The van der Waals surface area contributed by atoms with Crippen molar-refractivity contribution >= 4 is 11.8 Å². The second-order valence-corrected chi connectivity index (χ2v) is 5.34. The Labute approximate surface area is 92.2 Å². The van der Waals surface area contributed by atoms with Crippen LogP contribution in [0.4, 0.5) is 0 Å². The van der Waals surface area contributed by atoms with Crippen LogP contribution in [0.25, 0.3) is 0 Å². The Kier molecular flexibility index (Phi) is 6.65. The molecule has 0 aromatic rings. The first kappa shape index (κ1) is 12.3. The molecule has 3 heteroatoms. The standard InChI is InChI=1S/C11H23NOS/c1-3-12-10(2)6-9-14-11-4-7-13-8-5-11/h10-12H,3-9H2,1-2H3. The summed E-state index contributed by atoms with van der Waals surface area (Å²) in [5.41, 5.74) is 0. The molecule has 0 aromatic carbocycles. The molecule has 0 aliphatic carbocycles. The molecule has 2 nitrogen and oxygen atoms in total. The molecular weight excluding hydrogens is 194 g/mol. The van der Waals surface area contributed by atoms with Crippen LogP contribution < -0.4 is 5.32 Å². The van der Waals surface area contributed by atoms with Gasteiger partial charge in [-0.2, -0.15) is 11.8 Å². The molecule has 1 fully saturated rings. The lowest BCUT2D eigenvalue weighted by Gasteiger charge is -2.22. The van der Waals surface area contributed by atoms with Crippen molar-refractivity contribution < 1.29 is 4.74 Å². The summed E-state index contributed by atoms with van der Waals surface area (Å²) in [7, 11) is 0. The van der Waals surface area contributed by atoms with Crippen LogP contribution in [-0.4, -0.2) is 36.8 Å². The monoisotopic (exact) mass is 217 g/mol. The molecule has 0 spiro atoms. The van der Waals surface area contributed by atoms with Gasteiger partial charge in [0.2, 0.25) is 0 Å². The molecule has 0 saturated carbocycles. The lowest BCUT2D eigenvalue weighted by Crippen LogP contribution is -2.26. The zero-order valence-electron chi connectivity index (χ0n) is 9.42. The minimum atomic E-state index is 0.673. The van der Waals surface area contributed by atoms with Crippen molar-refractivity contribution in [3.63, 3.8) is 0 Å². The van der Waals surface area contributed by atoms with Gasteiger partial charge in [0.25, 0.3) is 0 Å². The highest BCUT2D eigenvalue weighted by Gasteiger charge is 2.13. The largest absolute Gasteiger partial charge is 0.381 e. The van der Waals surface area contributed by atoms with E-state index >= 15 is 0 Å². The van der Waals surface area contributed by atoms with Gasteiger partial charge in [-0.05, 0) is 38.5 Å². The zero-order valence-corrected chi connectivity index (χ0v) is 10.2. The molecule has 1 atom stereocenters. The molecule has 84 valence electrons. The van der Waals surface area contributed by atoms with E-state index in [1.807, 2.05) is 0 Å². The summed E-state index contributed by atoms with van der Waals surface area (Å²) < 4.78 is 5.34.